The molecule has 0 atom stereocenters. The highest BCUT2D eigenvalue weighted by Crippen LogP contribution is 2.30. The molecule has 1 heterocycles. The Hall–Kier alpha value is -3.56. The first-order valence-corrected chi connectivity index (χ1v) is 7.77. The number of carbonyl (C=O) groups excluding carboxylic acids is 1. The second kappa shape index (κ2) is 7.59. The number of benzene rings is 2. The molecular formula is C18H11F5N4O. The van der Waals surface area contributed by atoms with E-state index in [2.05, 4.69) is 20.6 Å². The summed E-state index contributed by atoms with van der Waals surface area (Å²) in [4.78, 5) is 19.9. The lowest BCUT2D eigenvalue weighted by Gasteiger charge is -2.10. The molecular weight excluding hydrogens is 383 g/mol. The maximum atomic E-state index is 13.6. The van der Waals surface area contributed by atoms with Crippen LogP contribution < -0.4 is 10.6 Å². The van der Waals surface area contributed by atoms with Gasteiger partial charge in [0.25, 0.3) is 5.91 Å². The average Bonchev–Trinajstić information content (AvgIpc) is 2.64. The summed E-state index contributed by atoms with van der Waals surface area (Å²) >= 11 is 0. The standard InChI is InChI=1S/C18H11F5N4O/c19-12-2-1-3-13(20)15(12)27-16(28)14-8-9-24-17(26-14)25-11-6-4-10(5-7-11)18(21,22)23/h1-9H,(H,27,28)(H,24,25,26). The number of nitrogens with zero attached hydrogens (tertiary/aromatic N) is 2. The summed E-state index contributed by atoms with van der Waals surface area (Å²) in [6, 6.07) is 8.43. The third-order valence-corrected chi connectivity index (χ3v) is 3.56. The summed E-state index contributed by atoms with van der Waals surface area (Å²) in [6.45, 7) is 0. The van der Waals surface area contributed by atoms with Crippen molar-refractivity contribution >= 4 is 23.2 Å². The van der Waals surface area contributed by atoms with Gasteiger partial charge in [0.2, 0.25) is 5.95 Å². The number of para-hydroxylation sites is 1. The van der Waals surface area contributed by atoms with E-state index < -0.39 is 35.0 Å². The molecule has 0 bridgehead atoms. The Kier molecular flexibility index (Phi) is 5.21. The van der Waals surface area contributed by atoms with Crippen LogP contribution in [-0.2, 0) is 6.18 Å². The Morgan fingerprint density at radius 3 is 2.18 bits per heavy atom. The van der Waals surface area contributed by atoms with Crippen LogP contribution in [0.5, 0.6) is 0 Å². The van der Waals surface area contributed by atoms with Crippen LogP contribution in [0, 0.1) is 11.6 Å². The third-order valence-electron chi connectivity index (χ3n) is 3.56. The molecule has 0 aliphatic carbocycles. The second-order valence-corrected chi connectivity index (χ2v) is 5.52. The fraction of sp³-hybridized carbons (Fsp3) is 0.0556. The Bertz CT molecular complexity index is 985. The van der Waals surface area contributed by atoms with E-state index in [1.807, 2.05) is 0 Å². The SMILES string of the molecule is O=C(Nc1c(F)cccc1F)c1ccnc(Nc2ccc(C(F)(F)F)cc2)n1. The van der Waals surface area contributed by atoms with E-state index in [0.717, 1.165) is 30.3 Å². The van der Waals surface area contributed by atoms with E-state index >= 15 is 0 Å². The highest BCUT2D eigenvalue weighted by Gasteiger charge is 2.29. The topological polar surface area (TPSA) is 66.9 Å². The minimum atomic E-state index is -4.46. The van der Waals surface area contributed by atoms with Gasteiger partial charge in [0.05, 0.1) is 5.56 Å². The van der Waals surface area contributed by atoms with E-state index in [-0.39, 0.29) is 17.3 Å². The van der Waals surface area contributed by atoms with Crippen molar-refractivity contribution in [2.45, 2.75) is 6.18 Å². The lowest BCUT2D eigenvalue weighted by atomic mass is 10.2. The maximum Gasteiger partial charge on any atom is 0.416 e. The van der Waals surface area contributed by atoms with Gasteiger partial charge in [0.1, 0.15) is 23.0 Å². The van der Waals surface area contributed by atoms with E-state index in [0.29, 0.717) is 0 Å². The van der Waals surface area contributed by atoms with Gasteiger partial charge in [-0.25, -0.2) is 18.7 Å². The largest absolute Gasteiger partial charge is 0.416 e. The molecule has 0 aliphatic rings. The minimum absolute atomic E-state index is 0.0820. The van der Waals surface area contributed by atoms with Gasteiger partial charge in [0, 0.05) is 11.9 Å². The summed E-state index contributed by atoms with van der Waals surface area (Å²) in [6.07, 6.45) is -3.25. The highest BCUT2D eigenvalue weighted by atomic mass is 19.4. The zero-order valence-electron chi connectivity index (χ0n) is 13.9. The molecule has 28 heavy (non-hydrogen) atoms. The van der Waals surface area contributed by atoms with Crippen LogP contribution in [0.15, 0.2) is 54.7 Å². The molecule has 1 amide bonds. The van der Waals surface area contributed by atoms with Crippen molar-refractivity contribution in [2.75, 3.05) is 10.6 Å². The summed E-state index contributed by atoms with van der Waals surface area (Å²) in [7, 11) is 0. The van der Waals surface area contributed by atoms with Crippen molar-refractivity contribution in [2.24, 2.45) is 0 Å². The molecule has 3 aromatic rings. The van der Waals surface area contributed by atoms with E-state index in [4.69, 9.17) is 0 Å². The Morgan fingerprint density at radius 2 is 1.57 bits per heavy atom. The molecule has 0 fully saturated rings. The van der Waals surface area contributed by atoms with Crippen LogP contribution in [0.3, 0.4) is 0 Å². The number of hydrogen-bond donors (Lipinski definition) is 2. The summed E-state index contributed by atoms with van der Waals surface area (Å²) in [5.74, 6) is -2.88. The van der Waals surface area contributed by atoms with Gasteiger partial charge in [-0.15, -0.1) is 0 Å². The predicted octanol–water partition coefficient (Wildman–Crippen LogP) is 4.77. The monoisotopic (exact) mass is 394 g/mol. The fourth-order valence-electron chi connectivity index (χ4n) is 2.21. The molecule has 0 radical (unpaired) electrons. The first-order chi connectivity index (χ1) is 13.2. The zero-order valence-corrected chi connectivity index (χ0v) is 13.9. The van der Waals surface area contributed by atoms with Gasteiger partial charge < -0.3 is 10.6 Å². The molecule has 3 rings (SSSR count). The third kappa shape index (κ3) is 4.40. The molecule has 0 saturated heterocycles. The summed E-state index contributed by atoms with van der Waals surface area (Å²) in [5, 5.41) is 4.72. The fourth-order valence-corrected chi connectivity index (χ4v) is 2.21. The molecule has 0 spiro atoms. The average molecular weight is 394 g/mol. The number of halogens is 5. The van der Waals surface area contributed by atoms with Gasteiger partial charge in [-0.3, -0.25) is 4.79 Å². The Balaban J connectivity index is 1.76. The molecule has 2 aromatic carbocycles. The molecule has 2 N–H and O–H groups in total. The number of amides is 1. The van der Waals surface area contributed by atoms with Gasteiger partial charge in [-0.1, -0.05) is 6.07 Å². The van der Waals surface area contributed by atoms with E-state index in [1.54, 1.807) is 0 Å². The van der Waals surface area contributed by atoms with Crippen LogP contribution in [0.2, 0.25) is 0 Å². The minimum Gasteiger partial charge on any atom is -0.324 e. The molecule has 10 heteroatoms. The van der Waals surface area contributed by atoms with E-state index in [9.17, 15) is 26.7 Å². The number of alkyl halides is 3. The van der Waals surface area contributed by atoms with Crippen molar-refractivity contribution in [3.8, 4) is 0 Å². The first-order valence-electron chi connectivity index (χ1n) is 7.77. The van der Waals surface area contributed by atoms with Gasteiger partial charge >= 0.3 is 6.18 Å². The molecule has 5 nitrogen and oxygen atoms in total. The molecule has 144 valence electrons. The lowest BCUT2D eigenvalue weighted by Crippen LogP contribution is -2.16. The van der Waals surface area contributed by atoms with Crippen LogP contribution in [0.4, 0.5) is 39.3 Å². The van der Waals surface area contributed by atoms with E-state index in [1.165, 1.54) is 24.4 Å². The van der Waals surface area contributed by atoms with Crippen LogP contribution in [0.25, 0.3) is 0 Å². The molecule has 0 aliphatic heterocycles. The number of aromatic nitrogens is 2. The Morgan fingerprint density at radius 1 is 0.929 bits per heavy atom. The Labute approximate surface area is 155 Å². The number of hydrogen-bond acceptors (Lipinski definition) is 4. The molecule has 1 aromatic heterocycles. The second-order valence-electron chi connectivity index (χ2n) is 5.52. The van der Waals surface area contributed by atoms with Crippen LogP contribution in [0.1, 0.15) is 16.1 Å². The van der Waals surface area contributed by atoms with Gasteiger partial charge in [-0.2, -0.15) is 13.2 Å². The summed E-state index contributed by atoms with van der Waals surface area (Å²) in [5.41, 5.74) is -1.39. The first kappa shape index (κ1) is 19.2. The number of rotatable bonds is 4. The smallest absolute Gasteiger partial charge is 0.324 e. The van der Waals surface area contributed by atoms with Gasteiger partial charge in [-0.05, 0) is 42.5 Å². The normalized spacial score (nSPS) is 11.2. The quantitative estimate of drug-likeness (QED) is 0.626. The van der Waals surface area contributed by atoms with Crippen LogP contribution >= 0.6 is 0 Å². The molecule has 0 saturated carbocycles. The van der Waals surface area contributed by atoms with Crippen molar-refractivity contribution in [1.82, 2.24) is 9.97 Å². The van der Waals surface area contributed by atoms with Crippen molar-refractivity contribution < 1.29 is 26.7 Å². The lowest BCUT2D eigenvalue weighted by molar-refractivity contribution is -0.137. The number of carbonyl (C=O) groups is 1. The van der Waals surface area contributed by atoms with Crippen molar-refractivity contribution in [3.05, 3.63) is 77.6 Å². The molecule has 0 unspecified atom stereocenters. The predicted molar refractivity (Wildman–Crippen MR) is 91.1 cm³/mol. The van der Waals surface area contributed by atoms with Crippen molar-refractivity contribution in [3.63, 3.8) is 0 Å². The zero-order chi connectivity index (χ0) is 20.3. The maximum absolute atomic E-state index is 13.6. The number of nitrogens with one attached hydrogen (secondary N) is 2. The number of anilines is 3. The highest BCUT2D eigenvalue weighted by molar-refractivity contribution is 6.03. The summed E-state index contributed by atoms with van der Waals surface area (Å²) < 4.78 is 65.0. The van der Waals surface area contributed by atoms with Crippen LogP contribution in [-0.4, -0.2) is 15.9 Å². The van der Waals surface area contributed by atoms with Gasteiger partial charge in [0.15, 0.2) is 0 Å². The van der Waals surface area contributed by atoms with Crippen molar-refractivity contribution in [1.29, 1.82) is 0 Å².